The summed E-state index contributed by atoms with van der Waals surface area (Å²) in [4.78, 5) is 0. The fourth-order valence-corrected chi connectivity index (χ4v) is 1.98. The van der Waals surface area contributed by atoms with E-state index in [-0.39, 0.29) is 6.10 Å². The highest BCUT2D eigenvalue weighted by molar-refractivity contribution is 5.66. The van der Waals surface area contributed by atoms with E-state index in [1.807, 2.05) is 0 Å². The molecule has 0 fully saturated rings. The highest BCUT2D eigenvalue weighted by atomic mass is 16.5. The van der Waals surface area contributed by atoms with Crippen LogP contribution >= 0.6 is 0 Å². The predicted octanol–water partition coefficient (Wildman–Crippen LogP) is 3.27. The lowest BCUT2D eigenvalue weighted by atomic mass is 9.96. The minimum atomic E-state index is 0.244. The van der Waals surface area contributed by atoms with Crippen molar-refractivity contribution in [3.63, 3.8) is 0 Å². The van der Waals surface area contributed by atoms with Gasteiger partial charge >= 0.3 is 0 Å². The average Bonchev–Trinajstić information content (AvgIpc) is 2.18. The van der Waals surface area contributed by atoms with Gasteiger partial charge in [0.15, 0.2) is 0 Å². The second-order valence-corrected chi connectivity index (χ2v) is 3.91. The third kappa shape index (κ3) is 2.05. The van der Waals surface area contributed by atoms with E-state index in [0.29, 0.717) is 6.10 Å². The number of benzene rings is 1. The third-order valence-corrected chi connectivity index (χ3v) is 2.53. The molecule has 1 aliphatic rings. The average molecular weight is 188 g/mol. The van der Waals surface area contributed by atoms with Crippen molar-refractivity contribution in [3.8, 4) is 0 Å². The second-order valence-electron chi connectivity index (χ2n) is 3.91. The van der Waals surface area contributed by atoms with Crippen LogP contribution in [0.1, 0.15) is 25.8 Å². The zero-order valence-corrected chi connectivity index (χ0v) is 8.73. The van der Waals surface area contributed by atoms with Crippen molar-refractivity contribution in [2.75, 3.05) is 0 Å². The van der Waals surface area contributed by atoms with Gasteiger partial charge in [-0.1, -0.05) is 36.4 Å². The molecule has 1 nitrogen and oxygen atoms in total. The van der Waals surface area contributed by atoms with Gasteiger partial charge in [-0.15, -0.1) is 0 Å². The molecule has 1 heterocycles. The standard InChI is InChI=1S/C13H16O/c1-10-8-13(9-11(2)14-10)12-6-4-3-5-7-12/h3-8,10-11H,9H2,1-2H3/t10-,11+/m1/s1. The summed E-state index contributed by atoms with van der Waals surface area (Å²) in [6, 6.07) is 10.5. The molecule has 1 aromatic carbocycles. The van der Waals surface area contributed by atoms with Crippen molar-refractivity contribution >= 4 is 5.57 Å². The molecule has 0 bridgehead atoms. The molecule has 0 amide bonds. The topological polar surface area (TPSA) is 9.23 Å². The molecular formula is C13H16O. The number of hydrogen-bond donors (Lipinski definition) is 0. The summed E-state index contributed by atoms with van der Waals surface area (Å²) >= 11 is 0. The van der Waals surface area contributed by atoms with Gasteiger partial charge in [0.25, 0.3) is 0 Å². The van der Waals surface area contributed by atoms with Crippen LogP contribution in [0.3, 0.4) is 0 Å². The molecule has 0 radical (unpaired) electrons. The highest BCUT2D eigenvalue weighted by Crippen LogP contribution is 2.26. The fourth-order valence-electron chi connectivity index (χ4n) is 1.98. The molecule has 0 N–H and O–H groups in total. The molecule has 0 saturated carbocycles. The van der Waals surface area contributed by atoms with E-state index in [0.717, 1.165) is 6.42 Å². The van der Waals surface area contributed by atoms with Crippen molar-refractivity contribution in [1.29, 1.82) is 0 Å². The van der Waals surface area contributed by atoms with Gasteiger partial charge in [-0.25, -0.2) is 0 Å². The van der Waals surface area contributed by atoms with Crippen LogP contribution in [0.2, 0.25) is 0 Å². The molecule has 0 spiro atoms. The molecule has 74 valence electrons. The van der Waals surface area contributed by atoms with Crippen molar-refractivity contribution in [2.45, 2.75) is 32.5 Å². The van der Waals surface area contributed by atoms with Crippen LogP contribution in [0.25, 0.3) is 5.57 Å². The SMILES string of the molecule is C[C@@H]1C=C(c2ccccc2)C[C@H](C)O1. The smallest absolute Gasteiger partial charge is 0.0737 e. The largest absolute Gasteiger partial charge is 0.371 e. The van der Waals surface area contributed by atoms with Crippen LogP contribution in [0.4, 0.5) is 0 Å². The third-order valence-electron chi connectivity index (χ3n) is 2.53. The van der Waals surface area contributed by atoms with E-state index in [1.165, 1.54) is 11.1 Å². The van der Waals surface area contributed by atoms with Gasteiger partial charge in [0.05, 0.1) is 12.2 Å². The number of hydrogen-bond acceptors (Lipinski definition) is 1. The first-order valence-electron chi connectivity index (χ1n) is 5.17. The fraction of sp³-hybridized carbons (Fsp3) is 0.385. The summed E-state index contributed by atoms with van der Waals surface area (Å²) in [5.74, 6) is 0. The summed E-state index contributed by atoms with van der Waals surface area (Å²) in [7, 11) is 0. The van der Waals surface area contributed by atoms with E-state index in [4.69, 9.17) is 4.74 Å². The maximum Gasteiger partial charge on any atom is 0.0737 e. The molecular weight excluding hydrogens is 172 g/mol. The van der Waals surface area contributed by atoms with Gasteiger partial charge in [-0.2, -0.15) is 0 Å². The lowest BCUT2D eigenvalue weighted by Gasteiger charge is -2.25. The first-order valence-corrected chi connectivity index (χ1v) is 5.17. The van der Waals surface area contributed by atoms with E-state index < -0.39 is 0 Å². The second kappa shape index (κ2) is 3.97. The van der Waals surface area contributed by atoms with Gasteiger partial charge in [0, 0.05) is 0 Å². The zero-order chi connectivity index (χ0) is 9.97. The van der Waals surface area contributed by atoms with Gasteiger partial charge < -0.3 is 4.74 Å². The van der Waals surface area contributed by atoms with Crippen LogP contribution < -0.4 is 0 Å². The van der Waals surface area contributed by atoms with Crippen molar-refractivity contribution in [3.05, 3.63) is 42.0 Å². The Balaban J connectivity index is 2.26. The molecule has 14 heavy (non-hydrogen) atoms. The van der Waals surface area contributed by atoms with Gasteiger partial charge in [-0.3, -0.25) is 0 Å². The molecule has 1 heteroatoms. The molecule has 2 rings (SSSR count). The Kier molecular flexibility index (Phi) is 2.69. The Morgan fingerprint density at radius 3 is 2.50 bits per heavy atom. The van der Waals surface area contributed by atoms with Gasteiger partial charge in [0.2, 0.25) is 0 Å². The van der Waals surface area contributed by atoms with E-state index in [9.17, 15) is 0 Å². The lowest BCUT2D eigenvalue weighted by Crippen LogP contribution is -2.20. The first kappa shape index (κ1) is 9.47. The molecule has 0 aromatic heterocycles. The summed E-state index contributed by atoms with van der Waals surface area (Å²) < 4.78 is 5.66. The minimum Gasteiger partial charge on any atom is -0.371 e. The van der Waals surface area contributed by atoms with Crippen LogP contribution in [-0.4, -0.2) is 12.2 Å². The van der Waals surface area contributed by atoms with Gasteiger partial charge in [0.1, 0.15) is 0 Å². The Labute approximate surface area is 85.4 Å². The summed E-state index contributed by atoms with van der Waals surface area (Å²) in [5.41, 5.74) is 2.74. The Bertz CT molecular complexity index is 326. The van der Waals surface area contributed by atoms with Crippen molar-refractivity contribution in [1.82, 2.24) is 0 Å². The predicted molar refractivity (Wildman–Crippen MR) is 59.0 cm³/mol. The van der Waals surface area contributed by atoms with E-state index in [2.05, 4.69) is 50.3 Å². The monoisotopic (exact) mass is 188 g/mol. The molecule has 0 unspecified atom stereocenters. The summed E-state index contributed by atoms with van der Waals surface area (Å²) in [5, 5.41) is 0. The van der Waals surface area contributed by atoms with Crippen molar-refractivity contribution in [2.24, 2.45) is 0 Å². The van der Waals surface area contributed by atoms with Crippen LogP contribution in [0.15, 0.2) is 36.4 Å². The normalized spacial score (nSPS) is 27.1. The number of ether oxygens (including phenoxy) is 1. The summed E-state index contributed by atoms with van der Waals surface area (Å²) in [6.45, 7) is 4.23. The van der Waals surface area contributed by atoms with E-state index in [1.54, 1.807) is 0 Å². The van der Waals surface area contributed by atoms with Crippen LogP contribution in [0.5, 0.6) is 0 Å². The maximum absolute atomic E-state index is 5.66. The lowest BCUT2D eigenvalue weighted by molar-refractivity contribution is 0.0304. The van der Waals surface area contributed by atoms with Crippen molar-refractivity contribution < 1.29 is 4.74 Å². The molecule has 1 aromatic rings. The zero-order valence-electron chi connectivity index (χ0n) is 8.73. The minimum absolute atomic E-state index is 0.244. The Morgan fingerprint density at radius 1 is 1.14 bits per heavy atom. The Morgan fingerprint density at radius 2 is 1.86 bits per heavy atom. The maximum atomic E-state index is 5.66. The summed E-state index contributed by atoms with van der Waals surface area (Å²) in [6.07, 6.45) is 3.82. The molecule has 1 aliphatic heterocycles. The van der Waals surface area contributed by atoms with Crippen LogP contribution in [0, 0.1) is 0 Å². The first-order chi connectivity index (χ1) is 6.75. The molecule has 0 saturated heterocycles. The molecule has 0 aliphatic carbocycles. The molecule has 2 atom stereocenters. The Hall–Kier alpha value is -1.08. The van der Waals surface area contributed by atoms with Gasteiger partial charge in [-0.05, 0) is 31.4 Å². The van der Waals surface area contributed by atoms with Crippen LogP contribution in [-0.2, 0) is 4.74 Å². The van der Waals surface area contributed by atoms with E-state index >= 15 is 0 Å². The number of rotatable bonds is 1. The highest BCUT2D eigenvalue weighted by Gasteiger charge is 2.16. The quantitative estimate of drug-likeness (QED) is 0.657.